The van der Waals surface area contributed by atoms with E-state index in [4.69, 9.17) is 0 Å². The van der Waals surface area contributed by atoms with Gasteiger partial charge in [-0.3, -0.25) is 0 Å². The van der Waals surface area contributed by atoms with Crippen molar-refractivity contribution in [3.8, 4) is 0 Å². The number of pyridine rings is 1. The number of aromatic nitrogens is 2. The predicted molar refractivity (Wildman–Crippen MR) is 54.0 cm³/mol. The van der Waals surface area contributed by atoms with Crippen LogP contribution in [0.3, 0.4) is 0 Å². The number of fused-ring (bicyclic) bond motifs is 1. The first-order chi connectivity index (χ1) is 6.61. The molecule has 0 saturated carbocycles. The summed E-state index contributed by atoms with van der Waals surface area (Å²) >= 11 is 0. The van der Waals surface area contributed by atoms with E-state index in [1.807, 2.05) is 10.6 Å². The summed E-state index contributed by atoms with van der Waals surface area (Å²) in [5, 5.41) is 0. The van der Waals surface area contributed by atoms with E-state index in [1.54, 1.807) is 19.2 Å². The van der Waals surface area contributed by atoms with Crippen LogP contribution in [-0.4, -0.2) is 9.38 Å². The topological polar surface area (TPSA) is 17.3 Å². The van der Waals surface area contributed by atoms with E-state index in [2.05, 4.69) is 18.8 Å². The van der Waals surface area contributed by atoms with Gasteiger partial charge in [-0.05, 0) is 24.5 Å². The third-order valence-corrected chi connectivity index (χ3v) is 2.43. The van der Waals surface area contributed by atoms with Crippen LogP contribution in [0.5, 0.6) is 0 Å². The Hall–Kier alpha value is -1.38. The highest BCUT2D eigenvalue weighted by atomic mass is 19.1. The minimum atomic E-state index is -0.223. The van der Waals surface area contributed by atoms with Gasteiger partial charge in [-0.15, -0.1) is 0 Å². The number of hydrogen-bond donors (Lipinski definition) is 0. The van der Waals surface area contributed by atoms with Crippen LogP contribution < -0.4 is 0 Å². The Morgan fingerprint density at radius 2 is 2.14 bits per heavy atom. The highest BCUT2D eigenvalue weighted by molar-refractivity contribution is 5.45. The molecule has 0 aliphatic carbocycles. The predicted octanol–water partition coefficient (Wildman–Crippen LogP) is 2.91. The van der Waals surface area contributed by atoms with Crippen LogP contribution in [-0.2, 0) is 0 Å². The molecule has 0 N–H and O–H groups in total. The average molecular weight is 192 g/mol. The molecule has 74 valence electrons. The molecule has 2 rings (SSSR count). The van der Waals surface area contributed by atoms with Gasteiger partial charge in [-0.1, -0.05) is 13.8 Å². The molecule has 0 atom stereocenters. The van der Waals surface area contributed by atoms with Gasteiger partial charge in [0, 0.05) is 18.1 Å². The van der Waals surface area contributed by atoms with E-state index >= 15 is 0 Å². The van der Waals surface area contributed by atoms with Crippen LogP contribution in [0, 0.1) is 12.7 Å². The van der Waals surface area contributed by atoms with Gasteiger partial charge in [0.2, 0.25) is 0 Å². The van der Waals surface area contributed by atoms with Gasteiger partial charge < -0.3 is 4.40 Å². The van der Waals surface area contributed by atoms with Gasteiger partial charge in [-0.2, -0.15) is 0 Å². The van der Waals surface area contributed by atoms with Crippen LogP contribution >= 0.6 is 0 Å². The van der Waals surface area contributed by atoms with Crippen LogP contribution in [0.15, 0.2) is 18.5 Å². The first-order valence-corrected chi connectivity index (χ1v) is 4.73. The SMILES string of the molecule is Cc1ccn2c(C(C)C)cnc2c1F. The van der Waals surface area contributed by atoms with E-state index in [9.17, 15) is 4.39 Å². The number of hydrogen-bond acceptors (Lipinski definition) is 1. The Labute approximate surface area is 82.4 Å². The maximum absolute atomic E-state index is 13.6. The Kier molecular flexibility index (Phi) is 2.02. The van der Waals surface area contributed by atoms with Crippen molar-refractivity contribution in [3.05, 3.63) is 35.5 Å². The lowest BCUT2D eigenvalue weighted by Crippen LogP contribution is -1.97. The van der Waals surface area contributed by atoms with Crippen LogP contribution in [0.1, 0.15) is 31.0 Å². The van der Waals surface area contributed by atoms with E-state index in [0.717, 1.165) is 5.69 Å². The Bertz CT molecular complexity index is 471. The molecular weight excluding hydrogens is 179 g/mol. The van der Waals surface area contributed by atoms with Crippen molar-refractivity contribution in [2.75, 3.05) is 0 Å². The zero-order valence-electron chi connectivity index (χ0n) is 8.58. The highest BCUT2D eigenvalue weighted by Crippen LogP contribution is 2.19. The molecule has 14 heavy (non-hydrogen) atoms. The van der Waals surface area contributed by atoms with Gasteiger partial charge in [0.05, 0.1) is 0 Å². The zero-order chi connectivity index (χ0) is 10.3. The fourth-order valence-electron chi connectivity index (χ4n) is 1.56. The maximum atomic E-state index is 13.6. The summed E-state index contributed by atoms with van der Waals surface area (Å²) in [7, 11) is 0. The van der Waals surface area contributed by atoms with Gasteiger partial charge in [0.15, 0.2) is 11.5 Å². The zero-order valence-corrected chi connectivity index (χ0v) is 8.58. The minimum Gasteiger partial charge on any atom is -0.301 e. The van der Waals surface area contributed by atoms with Crippen molar-refractivity contribution in [1.29, 1.82) is 0 Å². The summed E-state index contributed by atoms with van der Waals surface area (Å²) in [6, 6.07) is 1.77. The second-order valence-corrected chi connectivity index (χ2v) is 3.84. The third-order valence-electron chi connectivity index (χ3n) is 2.43. The van der Waals surface area contributed by atoms with Crippen LogP contribution in [0.25, 0.3) is 5.65 Å². The summed E-state index contributed by atoms with van der Waals surface area (Å²) in [5.41, 5.74) is 2.10. The summed E-state index contributed by atoms with van der Waals surface area (Å²) in [6.07, 6.45) is 3.61. The summed E-state index contributed by atoms with van der Waals surface area (Å²) in [5.74, 6) is 0.131. The van der Waals surface area contributed by atoms with Crippen molar-refractivity contribution in [2.45, 2.75) is 26.7 Å². The van der Waals surface area contributed by atoms with E-state index in [0.29, 0.717) is 17.1 Å². The molecule has 0 spiro atoms. The summed E-state index contributed by atoms with van der Waals surface area (Å²) < 4.78 is 15.4. The van der Waals surface area contributed by atoms with Gasteiger partial charge in [0.25, 0.3) is 0 Å². The molecule has 0 amide bonds. The second-order valence-electron chi connectivity index (χ2n) is 3.84. The largest absolute Gasteiger partial charge is 0.301 e. The summed E-state index contributed by atoms with van der Waals surface area (Å²) in [6.45, 7) is 5.89. The highest BCUT2D eigenvalue weighted by Gasteiger charge is 2.11. The van der Waals surface area contributed by atoms with Crippen molar-refractivity contribution in [2.24, 2.45) is 0 Å². The van der Waals surface area contributed by atoms with Crippen LogP contribution in [0.2, 0.25) is 0 Å². The molecular formula is C11H13FN2. The maximum Gasteiger partial charge on any atom is 0.173 e. The number of nitrogens with zero attached hydrogens (tertiary/aromatic N) is 2. The summed E-state index contributed by atoms with van der Waals surface area (Å²) in [4.78, 5) is 4.09. The second kappa shape index (κ2) is 3.08. The third kappa shape index (κ3) is 1.20. The molecule has 2 heterocycles. The van der Waals surface area contributed by atoms with E-state index in [1.165, 1.54) is 0 Å². The lowest BCUT2D eigenvalue weighted by Gasteiger charge is -2.05. The van der Waals surface area contributed by atoms with Gasteiger partial charge >= 0.3 is 0 Å². The smallest absolute Gasteiger partial charge is 0.173 e. The first kappa shape index (κ1) is 9.19. The number of aryl methyl sites for hydroxylation is 1. The van der Waals surface area contributed by atoms with Crippen LogP contribution in [0.4, 0.5) is 4.39 Å². The molecule has 2 aromatic heterocycles. The molecule has 0 fully saturated rings. The number of rotatable bonds is 1. The van der Waals surface area contributed by atoms with Gasteiger partial charge in [0.1, 0.15) is 0 Å². The molecule has 2 nitrogen and oxygen atoms in total. The molecule has 0 aliphatic heterocycles. The molecule has 2 aromatic rings. The Morgan fingerprint density at radius 1 is 1.43 bits per heavy atom. The average Bonchev–Trinajstić information content (AvgIpc) is 2.55. The normalized spacial score (nSPS) is 11.5. The van der Waals surface area contributed by atoms with E-state index < -0.39 is 0 Å². The monoisotopic (exact) mass is 192 g/mol. The van der Waals surface area contributed by atoms with Crippen molar-refractivity contribution in [3.63, 3.8) is 0 Å². The molecule has 0 aliphatic rings. The molecule has 3 heteroatoms. The number of imidazole rings is 1. The lowest BCUT2D eigenvalue weighted by molar-refractivity contribution is 0.619. The first-order valence-electron chi connectivity index (χ1n) is 4.73. The Balaban J connectivity index is 2.77. The fourth-order valence-corrected chi connectivity index (χ4v) is 1.56. The minimum absolute atomic E-state index is 0.223. The number of halogens is 1. The molecule has 0 saturated heterocycles. The fraction of sp³-hybridized carbons (Fsp3) is 0.364. The standard InChI is InChI=1S/C11H13FN2/c1-7(2)9-6-13-11-10(12)8(3)4-5-14(9)11/h4-7H,1-3H3. The van der Waals surface area contributed by atoms with Crippen molar-refractivity contribution in [1.82, 2.24) is 9.38 Å². The van der Waals surface area contributed by atoms with Crippen molar-refractivity contribution >= 4 is 5.65 Å². The van der Waals surface area contributed by atoms with Gasteiger partial charge in [-0.25, -0.2) is 9.37 Å². The van der Waals surface area contributed by atoms with E-state index in [-0.39, 0.29) is 5.82 Å². The molecule has 0 aromatic carbocycles. The molecule has 0 radical (unpaired) electrons. The molecule has 0 unspecified atom stereocenters. The Morgan fingerprint density at radius 3 is 2.79 bits per heavy atom. The quantitative estimate of drug-likeness (QED) is 0.679. The lowest BCUT2D eigenvalue weighted by atomic mass is 10.1. The van der Waals surface area contributed by atoms with Crippen molar-refractivity contribution < 1.29 is 4.39 Å². The molecule has 0 bridgehead atoms.